The number of hydrogen-bond acceptors (Lipinski definition) is 11. The molecule has 148 valence electrons. The Morgan fingerprint density at radius 1 is 0.720 bits per heavy atom. The quantitative estimate of drug-likeness (QED) is 0.240. The average molecular weight is 370 g/mol. The number of rotatable bonds is 6. The molecule has 0 amide bonds. The molecule has 2 aliphatic heterocycles. The lowest BCUT2D eigenvalue weighted by molar-refractivity contribution is -0.359. The lowest BCUT2D eigenvalue weighted by Gasteiger charge is -2.45. The van der Waals surface area contributed by atoms with Crippen molar-refractivity contribution in [2.45, 2.75) is 68.3 Å². The molecule has 11 heteroatoms. The highest BCUT2D eigenvalue weighted by atomic mass is 16.7. The van der Waals surface area contributed by atoms with Crippen LogP contribution in [-0.2, 0) is 18.9 Å². The lowest BCUT2D eigenvalue weighted by atomic mass is 9.97. The molecule has 10 atom stereocenters. The van der Waals surface area contributed by atoms with Gasteiger partial charge < -0.3 is 54.7 Å². The van der Waals surface area contributed by atoms with Gasteiger partial charge in [-0.3, -0.25) is 0 Å². The standard InChI is InChI=1S/C14H26O11/c1-2-22-13-11(21)9(19)12(6(4-16)24-13)25-14-10(20)8(18)7(17)5(3-15)23-14/h5-21H,2-4H2,1H3/t5-,6-,7+,8+,9-,10-,11-,12+,13-,14-/m1/s1. The van der Waals surface area contributed by atoms with Gasteiger partial charge in [-0.15, -0.1) is 0 Å². The Balaban J connectivity index is 2.11. The first-order valence-corrected chi connectivity index (χ1v) is 8.05. The summed E-state index contributed by atoms with van der Waals surface area (Å²) in [5.74, 6) is 0. The van der Waals surface area contributed by atoms with Crippen molar-refractivity contribution in [2.24, 2.45) is 0 Å². The Hall–Kier alpha value is -0.440. The van der Waals surface area contributed by atoms with Crippen LogP contribution in [0.1, 0.15) is 6.92 Å². The van der Waals surface area contributed by atoms with E-state index in [4.69, 9.17) is 18.9 Å². The largest absolute Gasteiger partial charge is 0.394 e. The molecule has 0 aromatic rings. The summed E-state index contributed by atoms with van der Waals surface area (Å²) in [6.45, 7) is 0.625. The van der Waals surface area contributed by atoms with E-state index in [1.165, 1.54) is 0 Å². The fraction of sp³-hybridized carbons (Fsp3) is 1.00. The first-order chi connectivity index (χ1) is 11.8. The highest BCUT2D eigenvalue weighted by molar-refractivity contribution is 4.93. The predicted octanol–water partition coefficient (Wildman–Crippen LogP) is -4.35. The fourth-order valence-electron chi connectivity index (χ4n) is 2.86. The molecule has 2 aliphatic rings. The van der Waals surface area contributed by atoms with Crippen LogP contribution in [0.25, 0.3) is 0 Å². The van der Waals surface area contributed by atoms with E-state index in [9.17, 15) is 35.7 Å². The van der Waals surface area contributed by atoms with Gasteiger partial charge in [-0.25, -0.2) is 0 Å². The maximum Gasteiger partial charge on any atom is 0.187 e. The van der Waals surface area contributed by atoms with Crippen molar-refractivity contribution >= 4 is 0 Å². The van der Waals surface area contributed by atoms with Crippen molar-refractivity contribution in [1.29, 1.82) is 0 Å². The molecule has 0 spiro atoms. The van der Waals surface area contributed by atoms with Gasteiger partial charge in [0.2, 0.25) is 0 Å². The van der Waals surface area contributed by atoms with Crippen molar-refractivity contribution in [3.63, 3.8) is 0 Å². The fourth-order valence-corrected chi connectivity index (χ4v) is 2.86. The highest BCUT2D eigenvalue weighted by Gasteiger charge is 2.50. The van der Waals surface area contributed by atoms with Gasteiger partial charge in [0, 0.05) is 6.61 Å². The topological polar surface area (TPSA) is 179 Å². The predicted molar refractivity (Wildman–Crippen MR) is 78.0 cm³/mol. The molecule has 0 bridgehead atoms. The summed E-state index contributed by atoms with van der Waals surface area (Å²) < 4.78 is 21.1. The summed E-state index contributed by atoms with van der Waals surface area (Å²) in [5.41, 5.74) is 0. The molecule has 2 saturated heterocycles. The van der Waals surface area contributed by atoms with Crippen molar-refractivity contribution in [1.82, 2.24) is 0 Å². The summed E-state index contributed by atoms with van der Waals surface area (Å²) in [4.78, 5) is 0. The molecule has 0 unspecified atom stereocenters. The normalized spacial score (nSPS) is 48.5. The van der Waals surface area contributed by atoms with Crippen LogP contribution in [0.3, 0.4) is 0 Å². The van der Waals surface area contributed by atoms with Gasteiger partial charge in [0.1, 0.15) is 48.8 Å². The summed E-state index contributed by atoms with van der Waals surface area (Å²) in [6, 6.07) is 0. The number of aliphatic hydroxyl groups excluding tert-OH is 7. The van der Waals surface area contributed by atoms with Crippen LogP contribution in [-0.4, -0.2) is 117 Å². The van der Waals surface area contributed by atoms with Crippen molar-refractivity contribution in [3.05, 3.63) is 0 Å². The molecule has 0 aromatic carbocycles. The second-order valence-corrected chi connectivity index (χ2v) is 5.96. The Morgan fingerprint density at radius 2 is 1.28 bits per heavy atom. The van der Waals surface area contributed by atoms with Gasteiger partial charge in [-0.1, -0.05) is 0 Å². The second-order valence-electron chi connectivity index (χ2n) is 5.96. The molecule has 0 aromatic heterocycles. The van der Waals surface area contributed by atoms with Crippen molar-refractivity contribution in [3.8, 4) is 0 Å². The zero-order valence-corrected chi connectivity index (χ0v) is 13.7. The Bertz CT molecular complexity index is 406. The van der Waals surface area contributed by atoms with Crippen molar-refractivity contribution in [2.75, 3.05) is 19.8 Å². The van der Waals surface area contributed by atoms with Gasteiger partial charge in [-0.2, -0.15) is 0 Å². The zero-order chi connectivity index (χ0) is 18.7. The second kappa shape index (κ2) is 8.97. The van der Waals surface area contributed by atoms with Crippen LogP contribution in [0, 0.1) is 0 Å². The van der Waals surface area contributed by atoms with E-state index >= 15 is 0 Å². The summed E-state index contributed by atoms with van der Waals surface area (Å²) >= 11 is 0. The van der Waals surface area contributed by atoms with E-state index in [-0.39, 0.29) is 6.61 Å². The van der Waals surface area contributed by atoms with Crippen LogP contribution < -0.4 is 0 Å². The maximum atomic E-state index is 10.2. The van der Waals surface area contributed by atoms with Gasteiger partial charge in [0.05, 0.1) is 13.2 Å². The molecule has 2 fully saturated rings. The van der Waals surface area contributed by atoms with Gasteiger partial charge in [-0.05, 0) is 6.92 Å². The SMILES string of the molecule is CCO[C@@H]1O[C@H](CO)[C@H](O[C@H]2O[C@H](CO)[C@H](O)[C@H](O)[C@H]2O)[C@H](O)[C@H]1O. The molecular weight excluding hydrogens is 344 g/mol. The van der Waals surface area contributed by atoms with E-state index in [0.717, 1.165) is 0 Å². The molecular formula is C14H26O11. The monoisotopic (exact) mass is 370 g/mol. The molecule has 7 N–H and O–H groups in total. The van der Waals surface area contributed by atoms with Crippen LogP contribution in [0.5, 0.6) is 0 Å². The minimum absolute atomic E-state index is 0.199. The Labute approximate surface area is 143 Å². The van der Waals surface area contributed by atoms with Crippen LogP contribution in [0.2, 0.25) is 0 Å². The lowest BCUT2D eigenvalue weighted by Crippen LogP contribution is -2.64. The smallest absolute Gasteiger partial charge is 0.187 e. The number of hydrogen-bond donors (Lipinski definition) is 7. The molecule has 25 heavy (non-hydrogen) atoms. The molecule has 2 heterocycles. The molecule has 11 nitrogen and oxygen atoms in total. The third kappa shape index (κ3) is 4.28. The van der Waals surface area contributed by atoms with Crippen LogP contribution in [0.15, 0.2) is 0 Å². The first-order valence-electron chi connectivity index (χ1n) is 8.05. The van der Waals surface area contributed by atoms with E-state index < -0.39 is 74.6 Å². The molecule has 0 aliphatic carbocycles. The Morgan fingerprint density at radius 3 is 1.84 bits per heavy atom. The van der Waals surface area contributed by atoms with Gasteiger partial charge >= 0.3 is 0 Å². The van der Waals surface area contributed by atoms with Crippen LogP contribution >= 0.6 is 0 Å². The average Bonchev–Trinajstić information content (AvgIpc) is 2.61. The van der Waals surface area contributed by atoms with E-state index in [1.54, 1.807) is 6.92 Å². The van der Waals surface area contributed by atoms with E-state index in [0.29, 0.717) is 0 Å². The minimum Gasteiger partial charge on any atom is -0.394 e. The van der Waals surface area contributed by atoms with Gasteiger partial charge in [0.25, 0.3) is 0 Å². The Kier molecular flexibility index (Phi) is 7.49. The maximum absolute atomic E-state index is 10.2. The summed E-state index contributed by atoms with van der Waals surface area (Å²) in [7, 11) is 0. The summed E-state index contributed by atoms with van der Waals surface area (Å²) in [6.07, 6.45) is -14.3. The number of ether oxygens (including phenoxy) is 4. The van der Waals surface area contributed by atoms with E-state index in [2.05, 4.69) is 0 Å². The minimum atomic E-state index is -1.69. The first kappa shape index (κ1) is 20.9. The van der Waals surface area contributed by atoms with E-state index in [1.807, 2.05) is 0 Å². The zero-order valence-electron chi connectivity index (χ0n) is 13.7. The third-order valence-corrected chi connectivity index (χ3v) is 4.29. The highest BCUT2D eigenvalue weighted by Crippen LogP contribution is 2.29. The van der Waals surface area contributed by atoms with Crippen molar-refractivity contribution < 1.29 is 54.7 Å². The molecule has 0 saturated carbocycles. The molecule has 2 rings (SSSR count). The van der Waals surface area contributed by atoms with Gasteiger partial charge in [0.15, 0.2) is 12.6 Å². The third-order valence-electron chi connectivity index (χ3n) is 4.29. The summed E-state index contributed by atoms with van der Waals surface area (Å²) in [5, 5.41) is 68.4. The molecule has 0 radical (unpaired) electrons. The van der Waals surface area contributed by atoms with Crippen LogP contribution in [0.4, 0.5) is 0 Å². The number of aliphatic hydroxyl groups is 7.